The summed E-state index contributed by atoms with van der Waals surface area (Å²) in [7, 11) is -3.53. The van der Waals surface area contributed by atoms with Crippen molar-refractivity contribution in [3.63, 3.8) is 0 Å². The van der Waals surface area contributed by atoms with Crippen molar-refractivity contribution < 1.29 is 8.42 Å². The molecule has 1 aliphatic carbocycles. The second-order valence-electron chi connectivity index (χ2n) is 5.37. The Morgan fingerprint density at radius 2 is 2.05 bits per heavy atom. The van der Waals surface area contributed by atoms with Crippen LogP contribution in [0.15, 0.2) is 17.0 Å². The Balaban J connectivity index is 2.37. The van der Waals surface area contributed by atoms with E-state index >= 15 is 0 Å². The van der Waals surface area contributed by atoms with Gasteiger partial charge in [0.15, 0.2) is 0 Å². The Labute approximate surface area is 126 Å². The van der Waals surface area contributed by atoms with Gasteiger partial charge >= 0.3 is 0 Å². The first-order chi connectivity index (χ1) is 9.36. The Morgan fingerprint density at radius 3 is 2.55 bits per heavy atom. The number of anilines is 1. The van der Waals surface area contributed by atoms with Gasteiger partial charge in [-0.2, -0.15) is 4.31 Å². The van der Waals surface area contributed by atoms with Crippen LogP contribution in [0.25, 0.3) is 0 Å². The maximum Gasteiger partial charge on any atom is 0.243 e. The van der Waals surface area contributed by atoms with Crippen LogP contribution in [-0.2, 0) is 10.0 Å². The average molecular weight is 317 g/mol. The number of rotatable bonds is 5. The molecule has 0 bridgehead atoms. The number of nitrogens with zero attached hydrogens (tertiary/aromatic N) is 1. The van der Waals surface area contributed by atoms with Crippen molar-refractivity contribution in [1.82, 2.24) is 4.31 Å². The van der Waals surface area contributed by atoms with E-state index < -0.39 is 10.0 Å². The lowest BCUT2D eigenvalue weighted by atomic mass is 9.85. The van der Waals surface area contributed by atoms with Gasteiger partial charge in [0.25, 0.3) is 0 Å². The van der Waals surface area contributed by atoms with Crippen LogP contribution in [0, 0.1) is 12.8 Å². The van der Waals surface area contributed by atoms with Crippen LogP contribution in [0.3, 0.4) is 0 Å². The molecule has 1 aromatic rings. The number of hydrogen-bond donors (Lipinski definition) is 1. The summed E-state index contributed by atoms with van der Waals surface area (Å²) in [6.45, 7) is 4.63. The zero-order valence-corrected chi connectivity index (χ0v) is 13.5. The lowest BCUT2D eigenvalue weighted by molar-refractivity contribution is 0.250. The minimum absolute atomic E-state index is 0.226. The highest BCUT2D eigenvalue weighted by atomic mass is 35.5. The van der Waals surface area contributed by atoms with Gasteiger partial charge in [-0.25, -0.2) is 8.42 Å². The Morgan fingerprint density at radius 1 is 1.40 bits per heavy atom. The van der Waals surface area contributed by atoms with Crippen molar-refractivity contribution in [2.45, 2.75) is 38.0 Å². The van der Waals surface area contributed by atoms with Crippen molar-refractivity contribution in [2.24, 2.45) is 5.92 Å². The largest absolute Gasteiger partial charge is 0.398 e. The van der Waals surface area contributed by atoms with Crippen LogP contribution in [0.2, 0.25) is 5.02 Å². The summed E-state index contributed by atoms with van der Waals surface area (Å²) in [6.07, 6.45) is 3.43. The van der Waals surface area contributed by atoms with E-state index in [1.807, 2.05) is 6.92 Å². The van der Waals surface area contributed by atoms with Crippen LogP contribution < -0.4 is 5.73 Å². The molecule has 1 saturated carbocycles. The molecule has 112 valence electrons. The maximum absolute atomic E-state index is 12.8. The van der Waals surface area contributed by atoms with E-state index in [0.717, 1.165) is 12.8 Å². The second kappa shape index (κ2) is 5.92. The molecule has 0 aliphatic heterocycles. The standard InChI is InChI=1S/C14H21ClN2O2S/c1-3-17(9-11-5-4-6-11)20(18,19)14-8-12(15)7-13(16)10(14)2/h7-8,11H,3-6,9,16H2,1-2H3. The zero-order chi connectivity index (χ0) is 14.9. The molecule has 0 aromatic heterocycles. The van der Waals surface area contributed by atoms with Gasteiger partial charge in [-0.05, 0) is 43.4 Å². The number of benzene rings is 1. The third-order valence-corrected chi connectivity index (χ3v) is 6.31. The molecular weight excluding hydrogens is 296 g/mol. The lowest BCUT2D eigenvalue weighted by Gasteiger charge is -2.31. The molecule has 0 saturated heterocycles. The molecule has 0 heterocycles. The highest BCUT2D eigenvalue weighted by Gasteiger charge is 2.30. The minimum Gasteiger partial charge on any atom is -0.398 e. The molecule has 0 atom stereocenters. The van der Waals surface area contributed by atoms with Gasteiger partial charge in [0.1, 0.15) is 0 Å². The van der Waals surface area contributed by atoms with E-state index in [1.54, 1.807) is 13.0 Å². The summed E-state index contributed by atoms with van der Waals surface area (Å²) in [5.74, 6) is 0.488. The number of halogens is 1. The molecule has 1 aliphatic rings. The van der Waals surface area contributed by atoms with Gasteiger partial charge in [0.2, 0.25) is 10.0 Å². The molecule has 0 unspecified atom stereocenters. The van der Waals surface area contributed by atoms with E-state index in [2.05, 4.69) is 0 Å². The lowest BCUT2D eigenvalue weighted by Crippen LogP contribution is -2.37. The predicted molar refractivity (Wildman–Crippen MR) is 82.4 cm³/mol. The normalized spacial score (nSPS) is 16.4. The Hall–Kier alpha value is -0.780. The van der Waals surface area contributed by atoms with Gasteiger partial charge in [0.05, 0.1) is 4.90 Å². The van der Waals surface area contributed by atoms with Gasteiger partial charge in [0, 0.05) is 23.8 Å². The Kier molecular flexibility index (Phi) is 4.62. The smallest absolute Gasteiger partial charge is 0.243 e. The number of sulfonamides is 1. The van der Waals surface area contributed by atoms with Crippen molar-refractivity contribution in [2.75, 3.05) is 18.8 Å². The van der Waals surface area contributed by atoms with Crippen molar-refractivity contribution in [3.05, 3.63) is 22.7 Å². The summed E-state index contributed by atoms with van der Waals surface area (Å²) in [6, 6.07) is 3.07. The summed E-state index contributed by atoms with van der Waals surface area (Å²) >= 11 is 5.96. The minimum atomic E-state index is -3.53. The maximum atomic E-state index is 12.8. The zero-order valence-electron chi connectivity index (χ0n) is 11.9. The quantitative estimate of drug-likeness (QED) is 0.849. The number of hydrogen-bond acceptors (Lipinski definition) is 3. The SMILES string of the molecule is CCN(CC1CCC1)S(=O)(=O)c1cc(Cl)cc(N)c1C. The van der Waals surface area contributed by atoms with E-state index in [9.17, 15) is 8.42 Å². The van der Waals surface area contributed by atoms with E-state index in [1.165, 1.54) is 16.8 Å². The third-order valence-electron chi connectivity index (χ3n) is 4.02. The monoisotopic (exact) mass is 316 g/mol. The second-order valence-corrected chi connectivity index (χ2v) is 7.71. The van der Waals surface area contributed by atoms with E-state index in [0.29, 0.717) is 35.3 Å². The molecular formula is C14H21ClN2O2S. The molecule has 0 spiro atoms. The molecule has 0 amide bonds. The van der Waals surface area contributed by atoms with Crippen LogP contribution in [0.4, 0.5) is 5.69 Å². The van der Waals surface area contributed by atoms with Crippen LogP contribution in [0.5, 0.6) is 0 Å². The van der Waals surface area contributed by atoms with Crippen molar-refractivity contribution in [3.8, 4) is 0 Å². The molecule has 2 N–H and O–H groups in total. The molecule has 1 aromatic carbocycles. The fourth-order valence-electron chi connectivity index (χ4n) is 2.44. The first-order valence-corrected chi connectivity index (χ1v) is 8.73. The third kappa shape index (κ3) is 2.95. The molecule has 6 heteroatoms. The first kappa shape index (κ1) is 15.6. The molecule has 1 fully saturated rings. The molecule has 0 radical (unpaired) electrons. The van der Waals surface area contributed by atoms with Gasteiger partial charge in [-0.1, -0.05) is 24.9 Å². The highest BCUT2D eigenvalue weighted by Crippen LogP contribution is 2.32. The highest BCUT2D eigenvalue weighted by molar-refractivity contribution is 7.89. The molecule has 20 heavy (non-hydrogen) atoms. The van der Waals surface area contributed by atoms with Gasteiger partial charge in [-0.3, -0.25) is 0 Å². The van der Waals surface area contributed by atoms with Gasteiger partial charge in [-0.15, -0.1) is 0 Å². The summed E-state index contributed by atoms with van der Waals surface area (Å²) in [4.78, 5) is 0.226. The summed E-state index contributed by atoms with van der Waals surface area (Å²) < 4.78 is 27.1. The molecule has 4 nitrogen and oxygen atoms in total. The Bertz CT molecular complexity index is 597. The molecule has 2 rings (SSSR count). The van der Waals surface area contributed by atoms with Crippen molar-refractivity contribution >= 4 is 27.3 Å². The number of nitrogens with two attached hydrogens (primary N) is 1. The number of nitrogen functional groups attached to an aromatic ring is 1. The van der Waals surface area contributed by atoms with Gasteiger partial charge < -0.3 is 5.73 Å². The topological polar surface area (TPSA) is 63.4 Å². The first-order valence-electron chi connectivity index (χ1n) is 6.92. The van der Waals surface area contributed by atoms with Crippen LogP contribution in [-0.4, -0.2) is 25.8 Å². The van der Waals surface area contributed by atoms with E-state index in [4.69, 9.17) is 17.3 Å². The fraction of sp³-hybridized carbons (Fsp3) is 0.571. The van der Waals surface area contributed by atoms with Crippen LogP contribution in [0.1, 0.15) is 31.7 Å². The van der Waals surface area contributed by atoms with E-state index in [-0.39, 0.29) is 4.90 Å². The average Bonchev–Trinajstić information content (AvgIpc) is 2.32. The summed E-state index contributed by atoms with van der Waals surface area (Å²) in [5.41, 5.74) is 6.81. The fourth-order valence-corrected chi connectivity index (χ4v) is 4.54. The van der Waals surface area contributed by atoms with Crippen molar-refractivity contribution in [1.29, 1.82) is 0 Å². The van der Waals surface area contributed by atoms with Crippen LogP contribution >= 0.6 is 11.6 Å². The predicted octanol–water partition coefficient (Wildman–Crippen LogP) is 3.04. The summed E-state index contributed by atoms with van der Waals surface area (Å²) in [5, 5.41) is 0.353.